The molecule has 1 aliphatic carbocycles. The molecule has 0 bridgehead atoms. The second-order valence-corrected chi connectivity index (χ2v) is 13.9. The molecule has 5 rings (SSSR count). The fourth-order valence-corrected chi connectivity index (χ4v) is 6.33. The number of halogens is 3. The Morgan fingerprint density at radius 3 is 2.44 bits per heavy atom. The molecule has 2 aliphatic rings. The number of amides is 2. The maximum atomic E-state index is 14.0. The van der Waals surface area contributed by atoms with Gasteiger partial charge < -0.3 is 20.5 Å². The van der Waals surface area contributed by atoms with E-state index in [1.165, 1.54) is 0 Å². The van der Waals surface area contributed by atoms with E-state index in [-0.39, 0.29) is 24.4 Å². The summed E-state index contributed by atoms with van der Waals surface area (Å²) in [5, 5.41) is 7.11. The number of nitrogens with zero attached hydrogens (tertiary/aromatic N) is 3. The fourth-order valence-electron chi connectivity index (χ4n) is 5.75. The molecule has 232 valence electrons. The average molecular weight is 632 g/mol. The zero-order valence-corrected chi connectivity index (χ0v) is 26.8. The number of carbonyl (C=O) groups is 2. The summed E-state index contributed by atoms with van der Waals surface area (Å²) in [5.41, 5.74) is 2.47. The largest absolute Gasteiger partial charge is 0.356 e. The number of piperidine rings is 1. The molecule has 0 atom stereocenters. The fraction of sp³-hybridized carbons (Fsp3) is 0.562. The van der Waals surface area contributed by atoms with Gasteiger partial charge in [0.05, 0.1) is 16.1 Å². The Hall–Kier alpha value is -2.91. The highest BCUT2D eigenvalue weighted by Gasteiger charge is 2.28. The number of H-pyrrole nitrogens is 1. The Morgan fingerprint density at radius 2 is 1.77 bits per heavy atom. The van der Waals surface area contributed by atoms with Crippen molar-refractivity contribution in [2.24, 2.45) is 11.3 Å². The average Bonchev–Trinajstić information content (AvgIpc) is 3.36. The smallest absolute Gasteiger partial charge is 0.255 e. The highest BCUT2D eigenvalue weighted by atomic mass is 35.5. The molecule has 0 unspecified atom stereocenters. The third-order valence-corrected chi connectivity index (χ3v) is 9.38. The normalized spacial score (nSPS) is 19.9. The van der Waals surface area contributed by atoms with Gasteiger partial charge in [0.1, 0.15) is 17.8 Å². The molecule has 3 aromatic rings. The number of rotatable bonds is 7. The van der Waals surface area contributed by atoms with Crippen molar-refractivity contribution in [1.29, 1.82) is 0 Å². The van der Waals surface area contributed by atoms with E-state index in [1.807, 2.05) is 31.7 Å². The Bertz CT molecular complexity index is 1490. The molecular formula is C32H41Cl2FN6O2. The van der Waals surface area contributed by atoms with Crippen LogP contribution in [-0.2, 0) is 17.8 Å². The number of fused-ring (bicyclic) bond motifs is 1. The van der Waals surface area contributed by atoms with Gasteiger partial charge in [0.25, 0.3) is 5.91 Å². The van der Waals surface area contributed by atoms with Crippen LogP contribution < -0.4 is 15.5 Å². The van der Waals surface area contributed by atoms with Crippen LogP contribution >= 0.6 is 23.2 Å². The number of nitrogens with one attached hydrogen (secondary N) is 3. The number of hydrogen-bond acceptors (Lipinski definition) is 5. The molecular weight excluding hydrogens is 590 g/mol. The van der Waals surface area contributed by atoms with Crippen LogP contribution in [-0.4, -0.2) is 52.1 Å². The minimum Gasteiger partial charge on any atom is -0.356 e. The van der Waals surface area contributed by atoms with Gasteiger partial charge in [-0.05, 0) is 67.7 Å². The number of aromatic nitrogens is 3. The van der Waals surface area contributed by atoms with Gasteiger partial charge in [0.2, 0.25) is 5.91 Å². The van der Waals surface area contributed by atoms with Crippen LogP contribution in [0.1, 0.15) is 93.5 Å². The second-order valence-electron chi connectivity index (χ2n) is 13.1. The molecule has 3 N–H and O–H groups in total. The van der Waals surface area contributed by atoms with Gasteiger partial charge in [0, 0.05) is 42.5 Å². The lowest BCUT2D eigenvalue weighted by Gasteiger charge is -2.31. The van der Waals surface area contributed by atoms with Crippen molar-refractivity contribution in [2.45, 2.75) is 91.4 Å². The third-order valence-electron chi connectivity index (χ3n) is 8.55. The van der Waals surface area contributed by atoms with E-state index in [2.05, 4.69) is 22.5 Å². The van der Waals surface area contributed by atoms with Gasteiger partial charge in [-0.25, -0.2) is 14.4 Å². The number of aromatic amines is 1. The summed E-state index contributed by atoms with van der Waals surface area (Å²) in [6.07, 6.45) is 4.37. The molecule has 8 nitrogen and oxygen atoms in total. The summed E-state index contributed by atoms with van der Waals surface area (Å²) in [4.78, 5) is 40.9. The number of anilines is 1. The van der Waals surface area contributed by atoms with Crippen LogP contribution in [0, 0.1) is 11.3 Å². The first kappa shape index (κ1) is 31.5. The predicted molar refractivity (Wildman–Crippen MR) is 170 cm³/mol. The van der Waals surface area contributed by atoms with Gasteiger partial charge >= 0.3 is 0 Å². The molecule has 0 spiro atoms. The maximum absolute atomic E-state index is 14.0. The van der Waals surface area contributed by atoms with Gasteiger partial charge in [-0.3, -0.25) is 9.59 Å². The summed E-state index contributed by atoms with van der Waals surface area (Å²) >= 11 is 13.4. The van der Waals surface area contributed by atoms with Gasteiger partial charge in [-0.1, -0.05) is 57.0 Å². The summed E-state index contributed by atoms with van der Waals surface area (Å²) in [7, 11) is 0. The Labute approximate surface area is 262 Å². The topological polar surface area (TPSA) is 103 Å². The molecule has 2 amide bonds. The molecule has 2 aromatic heterocycles. The quantitative estimate of drug-likeness (QED) is 0.267. The van der Waals surface area contributed by atoms with E-state index in [0.717, 1.165) is 31.2 Å². The minimum atomic E-state index is -0.842. The number of benzene rings is 1. The van der Waals surface area contributed by atoms with Gasteiger partial charge in [0.15, 0.2) is 5.65 Å². The van der Waals surface area contributed by atoms with E-state index < -0.39 is 11.6 Å². The van der Waals surface area contributed by atoms with Crippen LogP contribution in [0.4, 0.5) is 10.2 Å². The van der Waals surface area contributed by atoms with E-state index >= 15 is 0 Å². The predicted octanol–water partition coefficient (Wildman–Crippen LogP) is 6.76. The summed E-state index contributed by atoms with van der Waals surface area (Å²) in [6, 6.07) is 5.51. The van der Waals surface area contributed by atoms with Crippen molar-refractivity contribution in [2.75, 3.05) is 18.0 Å². The summed E-state index contributed by atoms with van der Waals surface area (Å²) in [6.45, 7) is 9.06. The lowest BCUT2D eigenvalue weighted by atomic mass is 9.87. The first-order valence-electron chi connectivity index (χ1n) is 15.2. The van der Waals surface area contributed by atoms with Crippen LogP contribution in [0.3, 0.4) is 0 Å². The van der Waals surface area contributed by atoms with Gasteiger partial charge in [-0.15, -0.1) is 0 Å². The van der Waals surface area contributed by atoms with Crippen molar-refractivity contribution in [3.63, 3.8) is 0 Å². The summed E-state index contributed by atoms with van der Waals surface area (Å²) < 4.78 is 14.0. The van der Waals surface area contributed by atoms with Crippen molar-refractivity contribution < 1.29 is 14.0 Å². The Kier molecular flexibility index (Phi) is 9.52. The Balaban J connectivity index is 1.42. The number of pyridine rings is 1. The Morgan fingerprint density at radius 1 is 1.07 bits per heavy atom. The maximum Gasteiger partial charge on any atom is 0.255 e. The monoisotopic (exact) mass is 630 g/mol. The molecule has 11 heteroatoms. The summed E-state index contributed by atoms with van der Waals surface area (Å²) in [5.74, 6) is 1.56. The van der Waals surface area contributed by atoms with E-state index in [9.17, 15) is 14.0 Å². The van der Waals surface area contributed by atoms with Crippen molar-refractivity contribution in [3.05, 3.63) is 50.8 Å². The lowest BCUT2D eigenvalue weighted by molar-refractivity contribution is -0.128. The van der Waals surface area contributed by atoms with Crippen LogP contribution in [0.25, 0.3) is 11.2 Å². The van der Waals surface area contributed by atoms with E-state index in [1.54, 1.807) is 12.1 Å². The number of hydrogen-bond donors (Lipinski definition) is 3. The molecule has 0 radical (unpaired) electrons. The van der Waals surface area contributed by atoms with Crippen molar-refractivity contribution >= 4 is 52.0 Å². The molecule has 2 fully saturated rings. The molecule has 43 heavy (non-hydrogen) atoms. The molecule has 1 saturated heterocycles. The number of carbonyl (C=O) groups excluding carboxylic acids is 2. The standard InChI is InChI=1S/C32H41Cl2FN6O2/c1-18-5-8-21(9-6-18)37-30(42)23-15-25-28(40-29(23)41-13-11-20(35)12-14-41)39-26(38-25)16-22-24(33)10-7-19(27(22)34)17-36-31(43)32(2,3)4/h7,10,15,18,20-21H,5-6,8-9,11-14,16-17H2,1-4H3,(H,36,43)(H,37,42)(H,38,39,40). The SMILES string of the molecule is CC1CCC(NC(=O)c2cc3[nH]c(Cc4c(Cl)ccc(CNC(=O)C(C)(C)C)c4Cl)nc3nc2N2CCC(F)CC2)CC1. The van der Waals surface area contributed by atoms with Crippen LogP contribution in [0.5, 0.6) is 0 Å². The molecule has 3 heterocycles. The van der Waals surface area contributed by atoms with Gasteiger partial charge in [-0.2, -0.15) is 0 Å². The lowest BCUT2D eigenvalue weighted by Crippen LogP contribution is -2.40. The zero-order valence-electron chi connectivity index (χ0n) is 25.3. The second kappa shape index (κ2) is 13.0. The molecule has 1 aromatic carbocycles. The highest BCUT2D eigenvalue weighted by Crippen LogP contribution is 2.32. The minimum absolute atomic E-state index is 0.0761. The first-order valence-corrected chi connectivity index (χ1v) is 16.0. The zero-order chi connectivity index (χ0) is 30.9. The van der Waals surface area contributed by atoms with Crippen molar-refractivity contribution in [1.82, 2.24) is 25.6 Å². The van der Waals surface area contributed by atoms with Crippen molar-refractivity contribution in [3.8, 4) is 0 Å². The molecule has 1 saturated carbocycles. The highest BCUT2D eigenvalue weighted by molar-refractivity contribution is 6.36. The van der Waals surface area contributed by atoms with E-state index in [4.69, 9.17) is 33.2 Å². The third kappa shape index (κ3) is 7.43. The molecule has 1 aliphatic heterocycles. The number of alkyl halides is 1. The number of imidazole rings is 1. The first-order chi connectivity index (χ1) is 20.4. The van der Waals surface area contributed by atoms with Crippen LogP contribution in [0.15, 0.2) is 18.2 Å². The van der Waals surface area contributed by atoms with Crippen LogP contribution in [0.2, 0.25) is 10.0 Å². The van der Waals surface area contributed by atoms with E-state index in [0.29, 0.717) is 82.2 Å².